The summed E-state index contributed by atoms with van der Waals surface area (Å²) in [6.07, 6.45) is 6.34. The zero-order chi connectivity index (χ0) is 19.5. The number of ether oxygens (including phenoxy) is 1. The van der Waals surface area contributed by atoms with Crippen LogP contribution in [0.15, 0.2) is 36.5 Å². The summed E-state index contributed by atoms with van der Waals surface area (Å²) < 4.78 is 46.4. The minimum atomic E-state index is -0.959. The number of aromatic nitrogens is 1. The fraction of sp³-hybridized carbons (Fsp3) is 0.364. The zero-order valence-corrected chi connectivity index (χ0v) is 16.4. The van der Waals surface area contributed by atoms with Gasteiger partial charge in [-0.05, 0) is 36.3 Å². The van der Waals surface area contributed by atoms with E-state index in [2.05, 4.69) is 4.98 Å². The Morgan fingerprint density at radius 1 is 1.29 bits per heavy atom. The molecule has 146 valence electrons. The summed E-state index contributed by atoms with van der Waals surface area (Å²) in [5, 5.41) is 1.02. The smallest absolute Gasteiger partial charge is 0.133 e. The topological polar surface area (TPSA) is 42.1 Å². The van der Waals surface area contributed by atoms with Crippen LogP contribution in [0.4, 0.5) is 8.78 Å². The first kappa shape index (κ1) is 17.9. The van der Waals surface area contributed by atoms with Crippen molar-refractivity contribution in [2.24, 2.45) is 5.92 Å². The molecule has 1 fully saturated rings. The standard InChI is InChI=1S/C22H21F2NO2S/c1-28(26)12-13-3-2-4-16-17(11-25-21(13)16)22(14-5-6-14)7-8-27-19-10-15(23)9-18(24)20(19)22/h2-4,9-11,14,25H,5-8,12H2,1H3. The van der Waals surface area contributed by atoms with E-state index in [1.54, 1.807) is 6.26 Å². The fourth-order valence-corrected chi connectivity index (χ4v) is 5.62. The van der Waals surface area contributed by atoms with E-state index < -0.39 is 27.8 Å². The summed E-state index contributed by atoms with van der Waals surface area (Å²) in [6.45, 7) is 0.428. The number of hydrogen-bond acceptors (Lipinski definition) is 2. The van der Waals surface area contributed by atoms with Gasteiger partial charge >= 0.3 is 0 Å². The molecule has 0 amide bonds. The molecule has 28 heavy (non-hydrogen) atoms. The van der Waals surface area contributed by atoms with Crippen LogP contribution in [0.1, 0.15) is 36.0 Å². The van der Waals surface area contributed by atoms with Crippen LogP contribution in [0.2, 0.25) is 0 Å². The summed E-state index contributed by atoms with van der Waals surface area (Å²) in [5.74, 6) is -0.0716. The van der Waals surface area contributed by atoms with Gasteiger partial charge in [0.15, 0.2) is 0 Å². The molecular formula is C22H21F2NO2S. The number of benzene rings is 2. The minimum Gasteiger partial charge on any atom is -0.493 e. The molecule has 0 radical (unpaired) electrons. The first-order valence-corrected chi connectivity index (χ1v) is 11.2. The number of halogens is 2. The average molecular weight is 401 g/mol. The lowest BCUT2D eigenvalue weighted by atomic mass is 9.67. The van der Waals surface area contributed by atoms with Gasteiger partial charge in [0.1, 0.15) is 17.4 Å². The molecule has 1 saturated carbocycles. The van der Waals surface area contributed by atoms with Gasteiger partial charge in [0, 0.05) is 57.3 Å². The molecule has 0 bridgehead atoms. The molecule has 1 aliphatic heterocycles. The number of hydrogen-bond donors (Lipinski definition) is 1. The lowest BCUT2D eigenvalue weighted by molar-refractivity contribution is 0.214. The van der Waals surface area contributed by atoms with Crippen LogP contribution in [0.25, 0.3) is 10.9 Å². The van der Waals surface area contributed by atoms with Crippen molar-refractivity contribution in [3.8, 4) is 5.75 Å². The third kappa shape index (κ3) is 2.61. The highest BCUT2D eigenvalue weighted by Crippen LogP contribution is 2.59. The van der Waals surface area contributed by atoms with E-state index in [4.69, 9.17) is 4.74 Å². The first-order valence-electron chi connectivity index (χ1n) is 9.52. The molecule has 1 N–H and O–H groups in total. The number of aromatic amines is 1. The van der Waals surface area contributed by atoms with Gasteiger partial charge < -0.3 is 9.72 Å². The number of nitrogens with one attached hydrogen (secondary N) is 1. The molecular weight excluding hydrogens is 380 g/mol. The monoisotopic (exact) mass is 401 g/mol. The van der Waals surface area contributed by atoms with Crippen molar-refractivity contribution in [1.82, 2.24) is 4.98 Å². The molecule has 5 rings (SSSR count). The maximum absolute atomic E-state index is 15.1. The normalized spacial score (nSPS) is 22.7. The zero-order valence-electron chi connectivity index (χ0n) is 15.6. The van der Waals surface area contributed by atoms with Gasteiger partial charge in [-0.3, -0.25) is 4.21 Å². The molecule has 0 saturated heterocycles. The molecule has 2 aromatic carbocycles. The van der Waals surface area contributed by atoms with E-state index in [1.807, 2.05) is 24.4 Å². The van der Waals surface area contributed by atoms with Crippen LogP contribution >= 0.6 is 0 Å². The van der Waals surface area contributed by atoms with Crippen molar-refractivity contribution in [3.05, 3.63) is 64.9 Å². The van der Waals surface area contributed by atoms with Crippen LogP contribution in [-0.2, 0) is 22.0 Å². The van der Waals surface area contributed by atoms with Crippen molar-refractivity contribution in [2.75, 3.05) is 12.9 Å². The summed E-state index contributed by atoms with van der Waals surface area (Å²) in [5.41, 5.74) is 2.91. The Bertz CT molecular complexity index is 1110. The fourth-order valence-electron chi connectivity index (χ4n) is 4.94. The minimum absolute atomic E-state index is 0.304. The van der Waals surface area contributed by atoms with Gasteiger partial charge in [-0.1, -0.05) is 18.2 Å². The predicted molar refractivity (Wildman–Crippen MR) is 106 cm³/mol. The van der Waals surface area contributed by atoms with Crippen molar-refractivity contribution in [1.29, 1.82) is 0 Å². The molecule has 2 atom stereocenters. The number of H-pyrrole nitrogens is 1. The highest BCUT2D eigenvalue weighted by molar-refractivity contribution is 7.83. The van der Waals surface area contributed by atoms with Gasteiger partial charge in [-0.25, -0.2) is 8.78 Å². The van der Waals surface area contributed by atoms with Crippen LogP contribution in [-0.4, -0.2) is 22.1 Å². The summed E-state index contributed by atoms with van der Waals surface area (Å²) in [4.78, 5) is 3.36. The van der Waals surface area contributed by atoms with E-state index >= 15 is 4.39 Å². The lowest BCUT2D eigenvalue weighted by Crippen LogP contribution is -2.37. The van der Waals surface area contributed by atoms with Crippen LogP contribution in [0, 0.1) is 17.6 Å². The molecule has 2 unspecified atom stereocenters. The third-order valence-electron chi connectivity index (χ3n) is 6.13. The molecule has 1 aliphatic carbocycles. The molecule has 6 heteroatoms. The van der Waals surface area contributed by atoms with E-state index in [1.165, 1.54) is 6.07 Å². The Morgan fingerprint density at radius 3 is 2.86 bits per heavy atom. The largest absolute Gasteiger partial charge is 0.493 e. The SMILES string of the molecule is CS(=O)Cc1cccc2c(C3(C4CC4)CCOc4cc(F)cc(F)c43)c[nH]c12. The maximum atomic E-state index is 15.1. The van der Waals surface area contributed by atoms with Gasteiger partial charge in [0.2, 0.25) is 0 Å². The molecule has 0 spiro atoms. The Balaban J connectivity index is 1.77. The van der Waals surface area contributed by atoms with Crippen molar-refractivity contribution in [3.63, 3.8) is 0 Å². The summed E-state index contributed by atoms with van der Waals surface area (Å²) in [7, 11) is -0.959. The molecule has 2 heterocycles. The van der Waals surface area contributed by atoms with Crippen molar-refractivity contribution in [2.45, 2.75) is 30.4 Å². The van der Waals surface area contributed by atoms with Gasteiger partial charge in [0.05, 0.1) is 12.4 Å². The third-order valence-corrected chi connectivity index (χ3v) is 6.85. The van der Waals surface area contributed by atoms with E-state index in [0.29, 0.717) is 36.0 Å². The second-order valence-corrected chi connectivity index (χ2v) is 9.30. The van der Waals surface area contributed by atoms with Crippen molar-refractivity contribution < 1.29 is 17.7 Å². The molecule has 2 aliphatic rings. The number of rotatable bonds is 4. The Kier molecular flexibility index (Phi) is 4.09. The maximum Gasteiger partial charge on any atom is 0.133 e. The highest BCUT2D eigenvalue weighted by atomic mass is 32.2. The molecule has 1 aromatic heterocycles. The van der Waals surface area contributed by atoms with Crippen LogP contribution in [0.3, 0.4) is 0 Å². The van der Waals surface area contributed by atoms with Gasteiger partial charge in [-0.15, -0.1) is 0 Å². The molecule has 3 aromatic rings. The lowest BCUT2D eigenvalue weighted by Gasteiger charge is -2.39. The Labute approximate surface area is 164 Å². The number of fused-ring (bicyclic) bond motifs is 2. The Morgan fingerprint density at radius 2 is 2.11 bits per heavy atom. The summed E-state index contributed by atoms with van der Waals surface area (Å²) in [6, 6.07) is 8.23. The first-order chi connectivity index (χ1) is 13.5. The summed E-state index contributed by atoms with van der Waals surface area (Å²) >= 11 is 0. The van der Waals surface area contributed by atoms with Gasteiger partial charge in [0.25, 0.3) is 0 Å². The molecule has 3 nitrogen and oxygen atoms in total. The predicted octanol–water partition coefficient (Wildman–Crippen LogP) is 4.80. The Hall–Kier alpha value is -2.21. The second kappa shape index (κ2) is 6.41. The van der Waals surface area contributed by atoms with E-state index in [-0.39, 0.29) is 0 Å². The van der Waals surface area contributed by atoms with E-state index in [9.17, 15) is 8.60 Å². The van der Waals surface area contributed by atoms with Crippen LogP contribution < -0.4 is 4.74 Å². The van der Waals surface area contributed by atoms with Crippen LogP contribution in [0.5, 0.6) is 5.75 Å². The van der Waals surface area contributed by atoms with Crippen molar-refractivity contribution >= 4 is 21.7 Å². The number of para-hydroxylation sites is 1. The average Bonchev–Trinajstić information content (AvgIpc) is 3.40. The van der Waals surface area contributed by atoms with Gasteiger partial charge in [-0.2, -0.15) is 0 Å². The quantitative estimate of drug-likeness (QED) is 0.682. The second-order valence-electron chi connectivity index (χ2n) is 7.86. The van der Waals surface area contributed by atoms with E-state index in [0.717, 1.165) is 40.9 Å². The highest BCUT2D eigenvalue weighted by Gasteiger charge is 2.53.